The standard InChI is InChI=1S/C16H30N2O3/c1-3-16(4-2)11-13(7-10-21-16)18-15(19)12-20-14-5-8-17-9-6-14/h13-14,17H,3-12H2,1-2H3,(H,18,19). The molecule has 0 aromatic carbocycles. The van der Waals surface area contributed by atoms with Crippen LogP contribution in [0.3, 0.4) is 0 Å². The maximum Gasteiger partial charge on any atom is 0.246 e. The molecule has 0 aromatic heterocycles. The van der Waals surface area contributed by atoms with Gasteiger partial charge >= 0.3 is 0 Å². The van der Waals surface area contributed by atoms with E-state index in [2.05, 4.69) is 24.5 Å². The molecular formula is C16H30N2O3. The second-order valence-electron chi connectivity index (χ2n) is 6.26. The maximum atomic E-state index is 12.0. The van der Waals surface area contributed by atoms with Crippen LogP contribution in [-0.2, 0) is 14.3 Å². The number of amides is 1. The van der Waals surface area contributed by atoms with Crippen molar-refractivity contribution in [1.29, 1.82) is 0 Å². The summed E-state index contributed by atoms with van der Waals surface area (Å²) in [5.41, 5.74) is -0.0495. The highest BCUT2D eigenvalue weighted by Gasteiger charge is 2.35. The Hall–Kier alpha value is -0.650. The molecular weight excluding hydrogens is 268 g/mol. The van der Waals surface area contributed by atoms with Gasteiger partial charge in [-0.15, -0.1) is 0 Å². The van der Waals surface area contributed by atoms with E-state index in [4.69, 9.17) is 9.47 Å². The first-order chi connectivity index (χ1) is 10.2. The highest BCUT2D eigenvalue weighted by atomic mass is 16.5. The Morgan fingerprint density at radius 2 is 2.00 bits per heavy atom. The van der Waals surface area contributed by atoms with Crippen LogP contribution in [0.5, 0.6) is 0 Å². The largest absolute Gasteiger partial charge is 0.375 e. The average molecular weight is 298 g/mol. The Labute approximate surface area is 128 Å². The quantitative estimate of drug-likeness (QED) is 0.782. The Balaban J connectivity index is 1.71. The lowest BCUT2D eigenvalue weighted by atomic mass is 9.86. The molecule has 2 heterocycles. The van der Waals surface area contributed by atoms with Gasteiger partial charge in [-0.1, -0.05) is 13.8 Å². The molecule has 0 aromatic rings. The molecule has 122 valence electrons. The first kappa shape index (κ1) is 16.7. The highest BCUT2D eigenvalue weighted by Crippen LogP contribution is 2.31. The van der Waals surface area contributed by atoms with Crippen LogP contribution in [0, 0.1) is 0 Å². The van der Waals surface area contributed by atoms with Crippen molar-refractivity contribution in [2.45, 2.75) is 70.1 Å². The highest BCUT2D eigenvalue weighted by molar-refractivity contribution is 5.77. The van der Waals surface area contributed by atoms with Gasteiger partial charge in [-0.3, -0.25) is 4.79 Å². The van der Waals surface area contributed by atoms with Gasteiger partial charge in [0, 0.05) is 12.6 Å². The fraction of sp³-hybridized carbons (Fsp3) is 0.938. The van der Waals surface area contributed by atoms with Gasteiger partial charge in [0.05, 0.1) is 11.7 Å². The van der Waals surface area contributed by atoms with Crippen molar-refractivity contribution in [2.75, 3.05) is 26.3 Å². The first-order valence-corrected chi connectivity index (χ1v) is 8.43. The van der Waals surface area contributed by atoms with Crippen molar-refractivity contribution in [3.63, 3.8) is 0 Å². The first-order valence-electron chi connectivity index (χ1n) is 8.43. The summed E-state index contributed by atoms with van der Waals surface area (Å²) >= 11 is 0. The van der Waals surface area contributed by atoms with Crippen molar-refractivity contribution in [2.24, 2.45) is 0 Å². The summed E-state index contributed by atoms with van der Waals surface area (Å²) in [6, 6.07) is 0.225. The lowest BCUT2D eigenvalue weighted by Crippen LogP contribution is -2.49. The summed E-state index contributed by atoms with van der Waals surface area (Å²) in [6.07, 6.45) is 6.05. The van der Waals surface area contributed by atoms with Crippen molar-refractivity contribution in [3.8, 4) is 0 Å². The zero-order chi connectivity index (χ0) is 15.1. The van der Waals surface area contributed by atoms with Gasteiger partial charge in [-0.2, -0.15) is 0 Å². The van der Waals surface area contributed by atoms with Crippen LogP contribution in [0.2, 0.25) is 0 Å². The van der Waals surface area contributed by atoms with Crippen LogP contribution in [0.15, 0.2) is 0 Å². The van der Waals surface area contributed by atoms with E-state index < -0.39 is 0 Å². The van der Waals surface area contributed by atoms with E-state index in [1.54, 1.807) is 0 Å². The number of hydrogen-bond acceptors (Lipinski definition) is 4. The third-order valence-electron chi connectivity index (χ3n) is 4.88. The van der Waals surface area contributed by atoms with Crippen molar-refractivity contribution in [3.05, 3.63) is 0 Å². The molecule has 21 heavy (non-hydrogen) atoms. The molecule has 1 atom stereocenters. The maximum absolute atomic E-state index is 12.0. The predicted octanol–water partition coefficient (Wildman–Crippen LogP) is 1.61. The normalized spacial score (nSPS) is 26.5. The van der Waals surface area contributed by atoms with Gasteiger partial charge in [0.1, 0.15) is 6.61 Å². The number of hydrogen-bond donors (Lipinski definition) is 2. The number of ether oxygens (including phenoxy) is 2. The Morgan fingerprint density at radius 3 is 2.67 bits per heavy atom. The molecule has 2 rings (SSSR count). The molecule has 1 unspecified atom stereocenters. The SMILES string of the molecule is CCC1(CC)CC(NC(=O)COC2CCNCC2)CCO1. The molecule has 0 saturated carbocycles. The minimum Gasteiger partial charge on any atom is -0.375 e. The summed E-state index contributed by atoms with van der Waals surface area (Å²) in [6.45, 7) is 7.22. The molecule has 0 aliphatic carbocycles. The zero-order valence-electron chi connectivity index (χ0n) is 13.5. The minimum atomic E-state index is -0.0495. The zero-order valence-corrected chi connectivity index (χ0v) is 13.5. The molecule has 0 bridgehead atoms. The van der Waals surface area contributed by atoms with Crippen LogP contribution in [0.4, 0.5) is 0 Å². The van der Waals surface area contributed by atoms with Gasteiger partial charge in [0.25, 0.3) is 0 Å². The van der Waals surface area contributed by atoms with E-state index in [1.165, 1.54) is 0 Å². The van der Waals surface area contributed by atoms with Crippen molar-refractivity contribution >= 4 is 5.91 Å². The van der Waals surface area contributed by atoms with E-state index in [-0.39, 0.29) is 30.3 Å². The molecule has 2 saturated heterocycles. The average Bonchev–Trinajstić information content (AvgIpc) is 2.54. The monoisotopic (exact) mass is 298 g/mol. The molecule has 0 radical (unpaired) electrons. The predicted molar refractivity (Wildman–Crippen MR) is 82.3 cm³/mol. The second kappa shape index (κ2) is 8.11. The van der Waals surface area contributed by atoms with Crippen molar-refractivity contribution < 1.29 is 14.3 Å². The van der Waals surface area contributed by atoms with Gasteiger partial charge in [-0.05, 0) is 51.6 Å². The third kappa shape index (κ3) is 4.94. The van der Waals surface area contributed by atoms with Crippen LogP contribution in [0.25, 0.3) is 0 Å². The van der Waals surface area contributed by atoms with Gasteiger partial charge in [-0.25, -0.2) is 0 Å². The molecule has 2 N–H and O–H groups in total. The lowest BCUT2D eigenvalue weighted by Gasteiger charge is -2.40. The fourth-order valence-corrected chi connectivity index (χ4v) is 3.32. The van der Waals surface area contributed by atoms with Crippen LogP contribution in [0.1, 0.15) is 52.4 Å². The number of carbonyl (C=O) groups is 1. The molecule has 0 spiro atoms. The number of rotatable bonds is 6. The van der Waals surface area contributed by atoms with Crippen LogP contribution >= 0.6 is 0 Å². The minimum absolute atomic E-state index is 0.0153. The van der Waals surface area contributed by atoms with E-state index in [9.17, 15) is 4.79 Å². The molecule has 2 fully saturated rings. The van der Waals surface area contributed by atoms with Crippen LogP contribution in [-0.4, -0.2) is 50.0 Å². The third-order valence-corrected chi connectivity index (χ3v) is 4.88. The van der Waals surface area contributed by atoms with Crippen LogP contribution < -0.4 is 10.6 Å². The Morgan fingerprint density at radius 1 is 1.29 bits per heavy atom. The fourth-order valence-electron chi connectivity index (χ4n) is 3.32. The van der Waals surface area contributed by atoms with E-state index >= 15 is 0 Å². The Bertz CT molecular complexity index is 325. The van der Waals surface area contributed by atoms with Crippen molar-refractivity contribution in [1.82, 2.24) is 10.6 Å². The number of piperidine rings is 1. The van der Waals surface area contributed by atoms with Gasteiger partial charge in [0.2, 0.25) is 5.91 Å². The van der Waals surface area contributed by atoms with Gasteiger partial charge < -0.3 is 20.1 Å². The summed E-state index contributed by atoms with van der Waals surface area (Å²) in [7, 11) is 0. The Kier molecular flexibility index (Phi) is 6.45. The number of carbonyl (C=O) groups excluding carboxylic acids is 1. The summed E-state index contributed by atoms with van der Waals surface area (Å²) in [5.74, 6) is 0.0153. The molecule has 5 nitrogen and oxygen atoms in total. The summed E-state index contributed by atoms with van der Waals surface area (Å²) in [4.78, 5) is 12.0. The summed E-state index contributed by atoms with van der Waals surface area (Å²) < 4.78 is 11.6. The molecule has 2 aliphatic rings. The lowest BCUT2D eigenvalue weighted by molar-refractivity contribution is -0.132. The van der Waals surface area contributed by atoms with E-state index in [1.807, 2.05) is 0 Å². The topological polar surface area (TPSA) is 59.6 Å². The molecule has 5 heteroatoms. The van der Waals surface area contributed by atoms with E-state index in [0.29, 0.717) is 0 Å². The summed E-state index contributed by atoms with van der Waals surface area (Å²) in [5, 5.41) is 6.42. The molecule has 1 amide bonds. The number of nitrogens with one attached hydrogen (secondary N) is 2. The van der Waals surface area contributed by atoms with Gasteiger partial charge in [0.15, 0.2) is 0 Å². The second-order valence-corrected chi connectivity index (χ2v) is 6.26. The smallest absolute Gasteiger partial charge is 0.246 e. The molecule has 2 aliphatic heterocycles. The van der Waals surface area contributed by atoms with E-state index in [0.717, 1.165) is 58.2 Å².